The molecule has 0 aromatic carbocycles. The van der Waals surface area contributed by atoms with Gasteiger partial charge in [-0.3, -0.25) is 0 Å². The lowest BCUT2D eigenvalue weighted by Crippen LogP contribution is -2.45. The highest BCUT2D eigenvalue weighted by Crippen LogP contribution is 2.37. The second-order valence-electron chi connectivity index (χ2n) is 3.17. The van der Waals surface area contributed by atoms with E-state index in [2.05, 4.69) is 13.5 Å². The molecule has 0 radical (unpaired) electrons. The van der Waals surface area contributed by atoms with Gasteiger partial charge in [-0.2, -0.15) is 0 Å². The van der Waals surface area contributed by atoms with Crippen LogP contribution >= 0.6 is 0 Å². The summed E-state index contributed by atoms with van der Waals surface area (Å²) < 4.78 is 5.38. The van der Waals surface area contributed by atoms with E-state index in [1.165, 1.54) is 12.1 Å². The highest BCUT2D eigenvalue weighted by molar-refractivity contribution is 6.75. The quantitative estimate of drug-likeness (QED) is 0.492. The van der Waals surface area contributed by atoms with E-state index in [1.807, 2.05) is 7.11 Å². The molecule has 48 valence electrons. The molecule has 1 rings (SSSR count). The summed E-state index contributed by atoms with van der Waals surface area (Å²) in [5.74, 6) is 0.951. The molecule has 2 heteroatoms. The van der Waals surface area contributed by atoms with Gasteiger partial charge in [0.25, 0.3) is 0 Å². The second-order valence-corrected chi connectivity index (χ2v) is 7.29. The average molecular weight is 130 g/mol. The summed E-state index contributed by atoms with van der Waals surface area (Å²) in [6.07, 6.45) is 0. The zero-order chi connectivity index (χ0) is 6.20. The van der Waals surface area contributed by atoms with Crippen molar-refractivity contribution < 1.29 is 4.43 Å². The molecule has 8 heavy (non-hydrogen) atoms. The van der Waals surface area contributed by atoms with Crippen molar-refractivity contribution in [3.8, 4) is 0 Å². The van der Waals surface area contributed by atoms with Crippen LogP contribution in [0, 0.1) is 5.92 Å². The van der Waals surface area contributed by atoms with Crippen LogP contribution in [0.1, 0.15) is 6.92 Å². The Labute approximate surface area is 52.2 Å². The van der Waals surface area contributed by atoms with Gasteiger partial charge in [0.15, 0.2) is 8.32 Å². The smallest absolute Gasteiger partial charge is 0.189 e. The summed E-state index contributed by atoms with van der Waals surface area (Å²) in [4.78, 5) is 0. The average Bonchev–Trinajstić information content (AvgIpc) is 1.63. The normalized spacial score (nSPS) is 46.1. The minimum Gasteiger partial charge on any atom is -0.420 e. The van der Waals surface area contributed by atoms with E-state index in [9.17, 15) is 0 Å². The maximum Gasteiger partial charge on any atom is 0.189 e. The van der Waals surface area contributed by atoms with Crippen LogP contribution in [0.5, 0.6) is 0 Å². The predicted molar refractivity (Wildman–Crippen MR) is 37.4 cm³/mol. The highest BCUT2D eigenvalue weighted by Gasteiger charge is 2.40. The van der Waals surface area contributed by atoms with Gasteiger partial charge in [0.1, 0.15) is 0 Å². The highest BCUT2D eigenvalue weighted by atomic mass is 28.4. The van der Waals surface area contributed by atoms with Crippen LogP contribution in [0.4, 0.5) is 0 Å². The Kier molecular flexibility index (Phi) is 1.45. The van der Waals surface area contributed by atoms with Gasteiger partial charge in [0, 0.05) is 7.11 Å². The van der Waals surface area contributed by atoms with Crippen molar-refractivity contribution in [2.45, 2.75) is 25.6 Å². The maximum absolute atomic E-state index is 5.38. The van der Waals surface area contributed by atoms with Crippen LogP contribution in [0.25, 0.3) is 0 Å². The molecule has 1 saturated heterocycles. The van der Waals surface area contributed by atoms with Gasteiger partial charge in [0.2, 0.25) is 0 Å². The van der Waals surface area contributed by atoms with Crippen LogP contribution in [-0.4, -0.2) is 15.4 Å². The lowest BCUT2D eigenvalue weighted by molar-refractivity contribution is 0.353. The standard InChI is InChI=1S/C6H14OSi/c1-6-4-8(3,5-6)7-2/h6H,4-5H2,1-3H3. The fourth-order valence-corrected chi connectivity index (χ4v) is 4.74. The first-order chi connectivity index (χ1) is 3.66. The second kappa shape index (κ2) is 1.85. The first-order valence-corrected chi connectivity index (χ1v) is 6.04. The van der Waals surface area contributed by atoms with Gasteiger partial charge < -0.3 is 4.43 Å². The van der Waals surface area contributed by atoms with E-state index in [0.29, 0.717) is 0 Å². The van der Waals surface area contributed by atoms with Gasteiger partial charge in [-0.25, -0.2) is 0 Å². The molecule has 1 fully saturated rings. The van der Waals surface area contributed by atoms with Crippen LogP contribution in [0.2, 0.25) is 18.6 Å². The molecule has 0 spiro atoms. The SMILES string of the molecule is CO[Si]1(C)CC(C)C1. The first kappa shape index (κ1) is 6.30. The molecule has 0 N–H and O–H groups in total. The summed E-state index contributed by atoms with van der Waals surface area (Å²) in [5, 5.41) is 0. The third-order valence-electron chi connectivity index (χ3n) is 2.05. The fraction of sp³-hybridized carbons (Fsp3) is 1.00. The van der Waals surface area contributed by atoms with Gasteiger partial charge >= 0.3 is 0 Å². The Morgan fingerprint density at radius 3 is 2.12 bits per heavy atom. The van der Waals surface area contributed by atoms with Gasteiger partial charge in [-0.05, 0) is 24.6 Å². The summed E-state index contributed by atoms with van der Waals surface area (Å²) in [5.41, 5.74) is 0. The molecule has 0 bridgehead atoms. The molecule has 1 aliphatic heterocycles. The zero-order valence-electron chi connectivity index (χ0n) is 5.90. The summed E-state index contributed by atoms with van der Waals surface area (Å²) in [6, 6.07) is 2.76. The minimum atomic E-state index is -1.03. The van der Waals surface area contributed by atoms with Crippen molar-refractivity contribution in [2.75, 3.05) is 7.11 Å². The third kappa shape index (κ3) is 0.953. The maximum atomic E-state index is 5.38. The Morgan fingerprint density at radius 1 is 1.50 bits per heavy atom. The fourth-order valence-electron chi connectivity index (χ4n) is 1.58. The van der Waals surface area contributed by atoms with Crippen LogP contribution < -0.4 is 0 Å². The van der Waals surface area contributed by atoms with Crippen molar-refractivity contribution in [1.29, 1.82) is 0 Å². The molecule has 1 nitrogen and oxygen atoms in total. The number of hydrogen-bond donors (Lipinski definition) is 0. The Hall–Kier alpha value is 0.177. The third-order valence-corrected chi connectivity index (χ3v) is 6.16. The van der Waals surface area contributed by atoms with E-state index >= 15 is 0 Å². The summed E-state index contributed by atoms with van der Waals surface area (Å²) >= 11 is 0. The number of hydrogen-bond acceptors (Lipinski definition) is 1. The van der Waals surface area contributed by atoms with E-state index < -0.39 is 8.32 Å². The molecule has 0 saturated carbocycles. The van der Waals surface area contributed by atoms with Crippen molar-refractivity contribution in [3.05, 3.63) is 0 Å². The molecule has 0 atom stereocenters. The molecule has 0 aromatic heterocycles. The van der Waals surface area contributed by atoms with Gasteiger partial charge in [0.05, 0.1) is 0 Å². The molecule has 1 aliphatic rings. The lowest BCUT2D eigenvalue weighted by atomic mass is 10.2. The van der Waals surface area contributed by atoms with Crippen LogP contribution in [-0.2, 0) is 4.43 Å². The summed E-state index contributed by atoms with van der Waals surface area (Å²) in [7, 11) is 0.825. The predicted octanol–water partition coefficient (Wildman–Crippen LogP) is 1.86. The van der Waals surface area contributed by atoms with Crippen molar-refractivity contribution in [1.82, 2.24) is 0 Å². The lowest BCUT2D eigenvalue weighted by Gasteiger charge is -2.39. The van der Waals surface area contributed by atoms with E-state index in [0.717, 1.165) is 5.92 Å². The Morgan fingerprint density at radius 2 is 2.00 bits per heavy atom. The Bertz CT molecular complexity index is 86.5. The first-order valence-electron chi connectivity index (χ1n) is 3.21. The van der Waals surface area contributed by atoms with Crippen molar-refractivity contribution in [3.63, 3.8) is 0 Å². The van der Waals surface area contributed by atoms with Crippen molar-refractivity contribution >= 4 is 8.32 Å². The molecule has 0 unspecified atom stereocenters. The van der Waals surface area contributed by atoms with Crippen LogP contribution in [0.3, 0.4) is 0 Å². The molecule has 0 aliphatic carbocycles. The van der Waals surface area contributed by atoms with Gasteiger partial charge in [-0.1, -0.05) is 6.92 Å². The van der Waals surface area contributed by atoms with Crippen molar-refractivity contribution in [2.24, 2.45) is 5.92 Å². The van der Waals surface area contributed by atoms with E-state index in [4.69, 9.17) is 4.43 Å². The van der Waals surface area contributed by atoms with Crippen LogP contribution in [0.15, 0.2) is 0 Å². The van der Waals surface area contributed by atoms with E-state index in [-0.39, 0.29) is 0 Å². The monoisotopic (exact) mass is 130 g/mol. The zero-order valence-corrected chi connectivity index (χ0v) is 6.90. The molecule has 1 heterocycles. The largest absolute Gasteiger partial charge is 0.420 e. The van der Waals surface area contributed by atoms with E-state index in [1.54, 1.807) is 0 Å². The topological polar surface area (TPSA) is 9.23 Å². The molecular formula is C6H14OSi. The molecular weight excluding hydrogens is 116 g/mol. The Balaban J connectivity index is 2.30. The molecule has 0 aromatic rings. The minimum absolute atomic E-state index is 0.951. The number of rotatable bonds is 1. The van der Waals surface area contributed by atoms with Gasteiger partial charge in [-0.15, -0.1) is 0 Å². The summed E-state index contributed by atoms with van der Waals surface area (Å²) in [6.45, 7) is 4.61. The molecule has 0 amide bonds.